The molecule has 2 aliphatic rings. The number of rotatable bonds is 5. The number of halogens is 3. The van der Waals surface area contributed by atoms with Crippen molar-refractivity contribution in [3.63, 3.8) is 0 Å². The van der Waals surface area contributed by atoms with Crippen LogP contribution in [-0.4, -0.2) is 41.5 Å². The summed E-state index contributed by atoms with van der Waals surface area (Å²) in [5, 5.41) is 1.95. The normalized spacial score (nSPS) is 22.6. The Balaban J connectivity index is 2.07. The molecule has 1 heterocycles. The lowest BCUT2D eigenvalue weighted by molar-refractivity contribution is -0.196. The molecule has 6 nitrogen and oxygen atoms in total. The van der Waals surface area contributed by atoms with Crippen LogP contribution in [0.25, 0.3) is 0 Å². The minimum atomic E-state index is -5.25. The summed E-state index contributed by atoms with van der Waals surface area (Å²) in [4.78, 5) is 39.5. The molecule has 1 saturated carbocycles. The maximum Gasteiger partial charge on any atom is 0.425 e. The molecule has 0 radical (unpaired) electrons. The Hall–Kier alpha value is -2.84. The van der Waals surface area contributed by atoms with Gasteiger partial charge in [0.2, 0.25) is 11.4 Å². The SMILES string of the molecule is COC(=O)C1=C(C)N(Cc2ccccc2)C(=O)[C@]1(NC(=O)C1CCCCC1)C(F)(F)F. The zero-order valence-electron chi connectivity index (χ0n) is 17.4. The Kier molecular flexibility index (Phi) is 6.43. The first-order valence-corrected chi connectivity index (χ1v) is 10.2. The van der Waals surface area contributed by atoms with Crippen LogP contribution in [-0.2, 0) is 25.7 Å². The Morgan fingerprint density at radius 2 is 1.77 bits per heavy atom. The summed E-state index contributed by atoms with van der Waals surface area (Å²) in [6, 6.07) is 8.44. The molecule has 1 aromatic carbocycles. The molecule has 0 unspecified atom stereocenters. The van der Waals surface area contributed by atoms with Gasteiger partial charge in [0.25, 0.3) is 5.91 Å². The largest absolute Gasteiger partial charge is 0.466 e. The molecule has 1 fully saturated rings. The molecule has 9 heteroatoms. The van der Waals surface area contributed by atoms with Crippen LogP contribution >= 0.6 is 0 Å². The highest BCUT2D eigenvalue weighted by molar-refractivity contribution is 6.10. The summed E-state index contributed by atoms with van der Waals surface area (Å²) in [5.74, 6) is -4.22. The second-order valence-electron chi connectivity index (χ2n) is 7.90. The molecule has 2 amide bonds. The van der Waals surface area contributed by atoms with E-state index < -0.39 is 41.0 Å². The maximum atomic E-state index is 14.5. The van der Waals surface area contributed by atoms with Crippen molar-refractivity contribution < 1.29 is 32.3 Å². The number of methoxy groups -OCH3 is 1. The molecular weight excluding hydrogens is 413 g/mol. The lowest BCUT2D eigenvalue weighted by atomic mass is 9.85. The molecule has 0 spiro atoms. The van der Waals surface area contributed by atoms with Crippen molar-refractivity contribution >= 4 is 17.8 Å². The number of benzene rings is 1. The van der Waals surface area contributed by atoms with Gasteiger partial charge >= 0.3 is 12.1 Å². The number of ether oxygens (including phenoxy) is 1. The first-order chi connectivity index (χ1) is 14.6. The van der Waals surface area contributed by atoms with Crippen LogP contribution in [0.4, 0.5) is 13.2 Å². The Morgan fingerprint density at radius 3 is 2.32 bits per heavy atom. The van der Waals surface area contributed by atoms with Crippen molar-refractivity contribution in [2.45, 2.75) is 57.3 Å². The number of carbonyl (C=O) groups excluding carboxylic acids is 3. The van der Waals surface area contributed by atoms with E-state index in [9.17, 15) is 27.6 Å². The monoisotopic (exact) mass is 438 g/mol. The molecule has 1 aliphatic heterocycles. The van der Waals surface area contributed by atoms with E-state index in [4.69, 9.17) is 0 Å². The third-order valence-electron chi connectivity index (χ3n) is 5.99. The van der Waals surface area contributed by atoms with Crippen LogP contribution in [0.5, 0.6) is 0 Å². The van der Waals surface area contributed by atoms with Gasteiger partial charge in [-0.25, -0.2) is 4.79 Å². The number of nitrogens with one attached hydrogen (secondary N) is 1. The van der Waals surface area contributed by atoms with Gasteiger partial charge in [-0.2, -0.15) is 13.2 Å². The molecular formula is C22H25F3N2O4. The minimum Gasteiger partial charge on any atom is -0.466 e. The van der Waals surface area contributed by atoms with Crippen molar-refractivity contribution in [3.05, 3.63) is 47.2 Å². The summed E-state index contributed by atoms with van der Waals surface area (Å²) >= 11 is 0. The van der Waals surface area contributed by atoms with E-state index in [0.29, 0.717) is 18.4 Å². The number of carbonyl (C=O) groups is 3. The van der Waals surface area contributed by atoms with Crippen LogP contribution in [0.1, 0.15) is 44.6 Å². The third-order valence-corrected chi connectivity index (χ3v) is 5.99. The maximum absolute atomic E-state index is 14.5. The smallest absolute Gasteiger partial charge is 0.425 e. The van der Waals surface area contributed by atoms with Gasteiger partial charge in [0, 0.05) is 11.6 Å². The second kappa shape index (κ2) is 8.72. The second-order valence-corrected chi connectivity index (χ2v) is 7.90. The predicted molar refractivity (Wildman–Crippen MR) is 105 cm³/mol. The summed E-state index contributed by atoms with van der Waals surface area (Å²) < 4.78 is 48.2. The van der Waals surface area contributed by atoms with Crippen LogP contribution in [0, 0.1) is 5.92 Å². The molecule has 0 aromatic heterocycles. The molecule has 1 N–H and O–H groups in total. The summed E-state index contributed by atoms with van der Waals surface area (Å²) in [6.45, 7) is 1.08. The van der Waals surface area contributed by atoms with Gasteiger partial charge in [0.1, 0.15) is 5.57 Å². The molecule has 168 valence electrons. The van der Waals surface area contributed by atoms with Gasteiger partial charge in [0.05, 0.1) is 13.7 Å². The third kappa shape index (κ3) is 4.05. The zero-order chi connectivity index (χ0) is 22.8. The van der Waals surface area contributed by atoms with E-state index in [2.05, 4.69) is 4.74 Å². The first kappa shape index (κ1) is 22.8. The number of alkyl halides is 3. The predicted octanol–water partition coefficient (Wildman–Crippen LogP) is 3.47. The molecule has 1 aliphatic carbocycles. The number of allylic oxidation sites excluding steroid dienone is 1. The van der Waals surface area contributed by atoms with Gasteiger partial charge in [-0.05, 0) is 25.3 Å². The average Bonchev–Trinajstić information content (AvgIpc) is 2.96. The molecule has 31 heavy (non-hydrogen) atoms. The lowest BCUT2D eigenvalue weighted by Crippen LogP contribution is -2.67. The van der Waals surface area contributed by atoms with E-state index in [1.54, 1.807) is 30.3 Å². The van der Waals surface area contributed by atoms with Gasteiger partial charge in [0.15, 0.2) is 0 Å². The van der Waals surface area contributed by atoms with E-state index >= 15 is 0 Å². The fourth-order valence-electron chi connectivity index (χ4n) is 4.33. The summed E-state index contributed by atoms with van der Waals surface area (Å²) in [6.07, 6.45) is -2.00. The van der Waals surface area contributed by atoms with Crippen molar-refractivity contribution in [2.75, 3.05) is 7.11 Å². The molecule has 3 rings (SSSR count). The van der Waals surface area contributed by atoms with Crippen molar-refractivity contribution in [1.29, 1.82) is 0 Å². The van der Waals surface area contributed by atoms with Crippen molar-refractivity contribution in [1.82, 2.24) is 10.2 Å². The van der Waals surface area contributed by atoms with Crippen LogP contribution < -0.4 is 5.32 Å². The van der Waals surface area contributed by atoms with Gasteiger partial charge < -0.3 is 15.0 Å². The Bertz CT molecular complexity index is 892. The molecule has 0 bridgehead atoms. The highest BCUT2D eigenvalue weighted by Gasteiger charge is 2.71. The highest BCUT2D eigenvalue weighted by Crippen LogP contribution is 2.46. The number of nitrogens with zero attached hydrogens (tertiary/aromatic N) is 1. The number of hydrogen-bond donors (Lipinski definition) is 1. The summed E-state index contributed by atoms with van der Waals surface area (Å²) in [7, 11) is 0.942. The molecule has 1 aromatic rings. The molecule has 0 saturated heterocycles. The fourth-order valence-corrected chi connectivity index (χ4v) is 4.33. The van der Waals surface area contributed by atoms with E-state index in [1.807, 2.05) is 5.32 Å². The van der Waals surface area contributed by atoms with Crippen LogP contribution in [0.2, 0.25) is 0 Å². The Labute approximate surface area is 178 Å². The Morgan fingerprint density at radius 1 is 1.16 bits per heavy atom. The van der Waals surface area contributed by atoms with E-state index in [1.165, 1.54) is 6.92 Å². The molecule has 1 atom stereocenters. The standard InChI is InChI=1S/C22H25F3N2O4/c1-14-17(19(29)31-2)21(22(23,24)25,26-18(28)16-11-7-4-8-12-16)20(30)27(14)13-15-9-5-3-6-10-15/h3,5-6,9-10,16H,4,7-8,11-13H2,1-2H3,(H,26,28)/t21-/m0/s1. The van der Waals surface area contributed by atoms with Crippen LogP contribution in [0.3, 0.4) is 0 Å². The van der Waals surface area contributed by atoms with Crippen molar-refractivity contribution in [2.24, 2.45) is 5.92 Å². The first-order valence-electron chi connectivity index (χ1n) is 10.2. The number of hydrogen-bond acceptors (Lipinski definition) is 4. The van der Waals surface area contributed by atoms with Crippen LogP contribution in [0.15, 0.2) is 41.6 Å². The lowest BCUT2D eigenvalue weighted by Gasteiger charge is -2.34. The quantitative estimate of drug-likeness (QED) is 0.715. The van der Waals surface area contributed by atoms with E-state index in [0.717, 1.165) is 31.3 Å². The fraction of sp³-hybridized carbons (Fsp3) is 0.500. The van der Waals surface area contributed by atoms with Gasteiger partial charge in [-0.3, -0.25) is 9.59 Å². The van der Waals surface area contributed by atoms with Crippen molar-refractivity contribution in [3.8, 4) is 0 Å². The summed E-state index contributed by atoms with van der Waals surface area (Å²) in [5.41, 5.74) is -3.99. The van der Waals surface area contributed by atoms with Gasteiger partial charge in [-0.1, -0.05) is 49.6 Å². The zero-order valence-corrected chi connectivity index (χ0v) is 17.4. The average molecular weight is 438 g/mol. The topological polar surface area (TPSA) is 75.7 Å². The van der Waals surface area contributed by atoms with Gasteiger partial charge in [-0.15, -0.1) is 0 Å². The number of esters is 1. The number of amides is 2. The van der Waals surface area contributed by atoms with E-state index in [-0.39, 0.29) is 12.2 Å². The minimum absolute atomic E-state index is 0.177. The highest BCUT2D eigenvalue weighted by atomic mass is 19.4.